The van der Waals surface area contributed by atoms with Crippen LogP contribution in [0.4, 0.5) is 4.39 Å². The van der Waals surface area contributed by atoms with Crippen LogP contribution in [0.2, 0.25) is 0 Å². The average molecular weight is 457 g/mol. The van der Waals surface area contributed by atoms with Gasteiger partial charge in [-0.05, 0) is 64.7 Å². The zero-order valence-electron chi connectivity index (χ0n) is 15.0. The molecule has 0 spiro atoms. The number of benzene rings is 2. The van der Waals surface area contributed by atoms with Crippen molar-refractivity contribution in [1.82, 2.24) is 9.62 Å². The molecule has 0 amide bonds. The highest BCUT2D eigenvalue weighted by Crippen LogP contribution is 2.27. The summed E-state index contributed by atoms with van der Waals surface area (Å²) < 4.78 is 46.8. The largest absolute Gasteiger partial charge is 0.496 e. The lowest BCUT2D eigenvalue weighted by Gasteiger charge is -2.32. The molecule has 0 saturated carbocycles. The van der Waals surface area contributed by atoms with Crippen LogP contribution in [0.15, 0.2) is 51.8 Å². The van der Waals surface area contributed by atoms with Crippen molar-refractivity contribution in [2.24, 2.45) is 0 Å². The smallest absolute Gasteiger partial charge is 0.240 e. The molecule has 1 fully saturated rings. The first-order valence-corrected chi connectivity index (χ1v) is 11.0. The van der Waals surface area contributed by atoms with Gasteiger partial charge in [0.1, 0.15) is 11.6 Å². The molecule has 27 heavy (non-hydrogen) atoms. The van der Waals surface area contributed by atoms with E-state index in [4.69, 9.17) is 4.74 Å². The lowest BCUT2D eigenvalue weighted by molar-refractivity contribution is 0.200. The summed E-state index contributed by atoms with van der Waals surface area (Å²) in [6, 6.07) is 11.1. The van der Waals surface area contributed by atoms with Gasteiger partial charge in [0.25, 0.3) is 0 Å². The Bertz CT molecular complexity index is 882. The monoisotopic (exact) mass is 456 g/mol. The first kappa shape index (κ1) is 20.3. The van der Waals surface area contributed by atoms with Gasteiger partial charge in [-0.2, -0.15) is 0 Å². The fourth-order valence-corrected chi connectivity index (χ4v) is 5.18. The molecule has 1 heterocycles. The van der Waals surface area contributed by atoms with E-state index in [2.05, 4.69) is 25.6 Å². The Kier molecular flexibility index (Phi) is 6.52. The summed E-state index contributed by atoms with van der Waals surface area (Å²) in [6.07, 6.45) is 1.47. The maximum Gasteiger partial charge on any atom is 0.240 e. The second-order valence-electron chi connectivity index (χ2n) is 6.59. The van der Waals surface area contributed by atoms with Crippen LogP contribution in [0.25, 0.3) is 0 Å². The number of hydrogen-bond acceptors (Lipinski definition) is 4. The Morgan fingerprint density at radius 1 is 1.19 bits per heavy atom. The molecule has 0 atom stereocenters. The quantitative estimate of drug-likeness (QED) is 0.721. The number of methoxy groups -OCH3 is 1. The number of halogens is 2. The van der Waals surface area contributed by atoms with Crippen molar-refractivity contribution >= 4 is 26.0 Å². The van der Waals surface area contributed by atoms with E-state index in [1.165, 1.54) is 25.3 Å². The van der Waals surface area contributed by atoms with Crippen LogP contribution < -0.4 is 9.46 Å². The Morgan fingerprint density at radius 2 is 1.85 bits per heavy atom. The average Bonchev–Trinajstić information content (AvgIpc) is 2.65. The Morgan fingerprint density at radius 3 is 2.44 bits per heavy atom. The van der Waals surface area contributed by atoms with E-state index in [1.54, 1.807) is 24.3 Å². The lowest BCUT2D eigenvalue weighted by atomic mass is 10.1. The van der Waals surface area contributed by atoms with Crippen LogP contribution >= 0.6 is 15.9 Å². The van der Waals surface area contributed by atoms with Crippen LogP contribution in [0.3, 0.4) is 0 Å². The molecule has 1 saturated heterocycles. The molecule has 146 valence electrons. The number of rotatable bonds is 6. The van der Waals surface area contributed by atoms with Gasteiger partial charge in [0, 0.05) is 25.7 Å². The number of sulfonamides is 1. The lowest BCUT2D eigenvalue weighted by Crippen LogP contribution is -2.44. The third-order valence-electron chi connectivity index (χ3n) is 4.66. The van der Waals surface area contributed by atoms with Crippen LogP contribution in [0.1, 0.15) is 18.4 Å². The number of nitrogens with one attached hydrogen (secondary N) is 1. The summed E-state index contributed by atoms with van der Waals surface area (Å²) in [4.78, 5) is 2.46. The fourth-order valence-electron chi connectivity index (χ4n) is 3.16. The minimum Gasteiger partial charge on any atom is -0.496 e. The second-order valence-corrected chi connectivity index (χ2v) is 9.16. The van der Waals surface area contributed by atoms with Gasteiger partial charge < -0.3 is 4.74 Å². The molecule has 0 aliphatic carbocycles. The van der Waals surface area contributed by atoms with Gasteiger partial charge in [-0.15, -0.1) is 0 Å². The molecule has 1 N–H and O–H groups in total. The minimum absolute atomic E-state index is 0.0969. The van der Waals surface area contributed by atoms with Gasteiger partial charge in [0.2, 0.25) is 10.0 Å². The Balaban J connectivity index is 1.56. The SMILES string of the molecule is COc1ccc(S(=O)(=O)NC2CCN(Cc3ccc(F)cc3)CC2)cc1Br. The second kappa shape index (κ2) is 8.68. The number of ether oxygens (including phenoxy) is 1. The summed E-state index contributed by atoms with van der Waals surface area (Å²) in [5.74, 6) is 0.347. The molecule has 1 aliphatic heterocycles. The van der Waals surface area contributed by atoms with Crippen molar-refractivity contribution in [2.75, 3.05) is 20.2 Å². The molecule has 3 rings (SSSR count). The minimum atomic E-state index is -3.58. The molecule has 1 aliphatic rings. The summed E-state index contributed by atoms with van der Waals surface area (Å²) >= 11 is 3.32. The third-order valence-corrected chi connectivity index (χ3v) is 6.80. The van der Waals surface area contributed by atoms with Gasteiger partial charge >= 0.3 is 0 Å². The van der Waals surface area contributed by atoms with Crippen molar-refractivity contribution in [3.63, 3.8) is 0 Å². The molecule has 2 aromatic rings. The maximum atomic E-state index is 13.0. The first-order chi connectivity index (χ1) is 12.9. The molecule has 5 nitrogen and oxygen atoms in total. The molecule has 0 bridgehead atoms. The highest BCUT2D eigenvalue weighted by molar-refractivity contribution is 9.10. The number of likely N-dealkylation sites (tertiary alicyclic amines) is 1. The van der Waals surface area contributed by atoms with Crippen molar-refractivity contribution in [3.05, 3.63) is 58.3 Å². The van der Waals surface area contributed by atoms with Crippen molar-refractivity contribution in [2.45, 2.75) is 30.3 Å². The van der Waals surface area contributed by atoms with Gasteiger partial charge in [-0.3, -0.25) is 4.90 Å². The van der Waals surface area contributed by atoms with E-state index in [0.29, 0.717) is 10.2 Å². The third kappa shape index (κ3) is 5.28. The van der Waals surface area contributed by atoms with Crippen LogP contribution in [-0.2, 0) is 16.6 Å². The number of nitrogens with zero attached hydrogens (tertiary/aromatic N) is 1. The van der Waals surface area contributed by atoms with E-state index in [-0.39, 0.29) is 16.8 Å². The normalized spacial score (nSPS) is 16.4. The van der Waals surface area contributed by atoms with Crippen molar-refractivity contribution in [1.29, 1.82) is 0 Å². The molecular weight excluding hydrogens is 435 g/mol. The molecule has 0 aromatic heterocycles. The van der Waals surface area contributed by atoms with Crippen LogP contribution in [0.5, 0.6) is 5.75 Å². The van der Waals surface area contributed by atoms with Gasteiger partial charge in [0.05, 0.1) is 16.5 Å². The molecule has 2 aromatic carbocycles. The first-order valence-electron chi connectivity index (χ1n) is 8.70. The van der Waals surface area contributed by atoms with Gasteiger partial charge in [0.15, 0.2) is 0 Å². The van der Waals surface area contributed by atoms with Crippen LogP contribution in [0, 0.1) is 5.82 Å². The van der Waals surface area contributed by atoms with E-state index in [0.717, 1.165) is 38.0 Å². The zero-order valence-corrected chi connectivity index (χ0v) is 17.4. The van der Waals surface area contributed by atoms with E-state index >= 15 is 0 Å². The summed E-state index contributed by atoms with van der Waals surface area (Å²) in [5, 5.41) is 0. The fraction of sp³-hybridized carbons (Fsp3) is 0.368. The van der Waals surface area contributed by atoms with Gasteiger partial charge in [-0.1, -0.05) is 12.1 Å². The van der Waals surface area contributed by atoms with Crippen molar-refractivity contribution in [3.8, 4) is 5.75 Å². The molecule has 8 heteroatoms. The predicted octanol–water partition coefficient (Wildman–Crippen LogP) is 3.54. The summed E-state index contributed by atoms with van der Waals surface area (Å²) in [7, 11) is -2.05. The number of piperidine rings is 1. The summed E-state index contributed by atoms with van der Waals surface area (Å²) in [6.45, 7) is 2.32. The summed E-state index contributed by atoms with van der Waals surface area (Å²) in [5.41, 5.74) is 1.05. The zero-order chi connectivity index (χ0) is 19.4. The Hall–Kier alpha value is -1.48. The highest BCUT2D eigenvalue weighted by Gasteiger charge is 2.25. The van der Waals surface area contributed by atoms with E-state index < -0.39 is 10.0 Å². The standard InChI is InChI=1S/C19H22BrFN2O3S/c1-26-19-7-6-17(12-18(19)20)27(24,25)22-16-8-10-23(11-9-16)13-14-2-4-15(21)5-3-14/h2-7,12,16,22H,8-11,13H2,1H3. The predicted molar refractivity (Wildman–Crippen MR) is 106 cm³/mol. The van der Waals surface area contributed by atoms with Crippen LogP contribution in [-0.4, -0.2) is 39.6 Å². The topological polar surface area (TPSA) is 58.6 Å². The Labute approximate surface area is 167 Å². The van der Waals surface area contributed by atoms with Gasteiger partial charge in [-0.25, -0.2) is 17.5 Å². The highest BCUT2D eigenvalue weighted by atomic mass is 79.9. The maximum absolute atomic E-state index is 13.0. The van der Waals surface area contributed by atoms with Crippen molar-refractivity contribution < 1.29 is 17.5 Å². The van der Waals surface area contributed by atoms with E-state index in [9.17, 15) is 12.8 Å². The molecule has 0 radical (unpaired) electrons. The van der Waals surface area contributed by atoms with E-state index in [1.807, 2.05) is 0 Å². The number of hydrogen-bond donors (Lipinski definition) is 1. The molecular formula is C19H22BrFN2O3S. The molecule has 0 unspecified atom stereocenters.